The Labute approximate surface area is 111 Å². The molecule has 0 radical (unpaired) electrons. The number of nitrogens with zero attached hydrogens (tertiary/aromatic N) is 1. The lowest BCUT2D eigenvalue weighted by Crippen LogP contribution is -2.09. The predicted octanol–water partition coefficient (Wildman–Crippen LogP) is 4.06. The second-order valence-electron chi connectivity index (χ2n) is 3.72. The van der Waals surface area contributed by atoms with Gasteiger partial charge in [-0.3, -0.25) is 0 Å². The standard InChI is InChI=1S/C11H16Cl2N2S/c1-4-5-16-11-7(3)6(2)8(12)9(14)10(13)15-11/h7H,4-5,14H2,1-3H3. The zero-order valence-corrected chi connectivity index (χ0v) is 12.0. The van der Waals surface area contributed by atoms with Crippen LogP contribution >= 0.6 is 35.0 Å². The van der Waals surface area contributed by atoms with Crippen LogP contribution in [0.5, 0.6) is 0 Å². The Morgan fingerprint density at radius 2 is 2.06 bits per heavy atom. The third kappa shape index (κ3) is 2.96. The molecule has 0 aromatic heterocycles. The number of hydrogen-bond acceptors (Lipinski definition) is 3. The fourth-order valence-corrected chi connectivity index (χ4v) is 2.83. The average molecular weight is 279 g/mol. The van der Waals surface area contributed by atoms with Crippen LogP contribution in [0, 0.1) is 5.92 Å². The first-order chi connectivity index (χ1) is 7.49. The first-order valence-electron chi connectivity index (χ1n) is 5.22. The van der Waals surface area contributed by atoms with E-state index in [1.165, 1.54) is 0 Å². The molecule has 5 heteroatoms. The lowest BCUT2D eigenvalue weighted by molar-refractivity contribution is 0.925. The van der Waals surface area contributed by atoms with E-state index in [9.17, 15) is 0 Å². The van der Waals surface area contributed by atoms with Gasteiger partial charge in [-0.2, -0.15) is 0 Å². The summed E-state index contributed by atoms with van der Waals surface area (Å²) < 4.78 is 0. The number of hydrogen-bond donors (Lipinski definition) is 1. The zero-order valence-electron chi connectivity index (χ0n) is 9.68. The molecular formula is C11H16Cl2N2S. The van der Waals surface area contributed by atoms with Gasteiger partial charge >= 0.3 is 0 Å². The highest BCUT2D eigenvalue weighted by molar-refractivity contribution is 8.14. The molecule has 0 aromatic carbocycles. The van der Waals surface area contributed by atoms with Crippen LogP contribution in [-0.2, 0) is 0 Å². The Hall–Kier alpha value is -0.120. The van der Waals surface area contributed by atoms with Gasteiger partial charge in [0.05, 0.1) is 15.8 Å². The number of halogens is 2. The Balaban J connectivity index is 3.09. The van der Waals surface area contributed by atoms with Crippen molar-refractivity contribution in [1.29, 1.82) is 0 Å². The SMILES string of the molecule is CCCSC1=NC(Cl)=C(N)C(Cl)=C(C)C1C. The number of thioether (sulfide) groups is 1. The van der Waals surface area contributed by atoms with Gasteiger partial charge in [0.2, 0.25) is 0 Å². The van der Waals surface area contributed by atoms with Gasteiger partial charge in [-0.25, -0.2) is 4.99 Å². The molecule has 0 aromatic rings. The van der Waals surface area contributed by atoms with E-state index >= 15 is 0 Å². The summed E-state index contributed by atoms with van der Waals surface area (Å²) in [5.41, 5.74) is 7.21. The molecule has 1 aliphatic heterocycles. The maximum Gasteiger partial charge on any atom is 0.154 e. The second-order valence-corrected chi connectivity index (χ2v) is 5.57. The van der Waals surface area contributed by atoms with Crippen LogP contribution < -0.4 is 5.73 Å². The fraction of sp³-hybridized carbons (Fsp3) is 0.545. The maximum absolute atomic E-state index is 6.14. The molecule has 0 saturated heterocycles. The van der Waals surface area contributed by atoms with Crippen LogP contribution in [0.15, 0.2) is 26.5 Å². The van der Waals surface area contributed by atoms with Crippen molar-refractivity contribution >= 4 is 40.0 Å². The highest BCUT2D eigenvalue weighted by Crippen LogP contribution is 2.33. The monoisotopic (exact) mass is 278 g/mol. The summed E-state index contributed by atoms with van der Waals surface area (Å²) in [4.78, 5) is 4.35. The molecule has 0 aliphatic carbocycles. The van der Waals surface area contributed by atoms with Crippen LogP contribution in [-0.4, -0.2) is 10.8 Å². The van der Waals surface area contributed by atoms with Crippen LogP contribution in [0.4, 0.5) is 0 Å². The maximum atomic E-state index is 6.14. The number of allylic oxidation sites excluding steroid dienone is 2. The van der Waals surface area contributed by atoms with E-state index in [1.807, 2.05) is 6.92 Å². The van der Waals surface area contributed by atoms with Crippen molar-refractivity contribution in [3.05, 3.63) is 21.5 Å². The van der Waals surface area contributed by atoms with Gasteiger partial charge in [-0.05, 0) is 24.7 Å². The lowest BCUT2D eigenvalue weighted by Gasteiger charge is -2.13. The molecule has 2 nitrogen and oxygen atoms in total. The summed E-state index contributed by atoms with van der Waals surface area (Å²) in [7, 11) is 0. The van der Waals surface area contributed by atoms with Gasteiger partial charge < -0.3 is 5.73 Å². The smallest absolute Gasteiger partial charge is 0.154 e. The van der Waals surface area contributed by atoms with Gasteiger partial charge in [0.1, 0.15) is 0 Å². The minimum atomic E-state index is 0.179. The molecule has 2 N–H and O–H groups in total. The van der Waals surface area contributed by atoms with Gasteiger partial charge in [0, 0.05) is 5.92 Å². The van der Waals surface area contributed by atoms with E-state index in [-0.39, 0.29) is 5.92 Å². The van der Waals surface area contributed by atoms with Crippen molar-refractivity contribution in [1.82, 2.24) is 0 Å². The Bertz CT molecular complexity index is 372. The van der Waals surface area contributed by atoms with Crippen molar-refractivity contribution in [3.63, 3.8) is 0 Å². The predicted molar refractivity (Wildman–Crippen MR) is 75.0 cm³/mol. The minimum Gasteiger partial charge on any atom is -0.395 e. The molecule has 1 aliphatic rings. The largest absolute Gasteiger partial charge is 0.395 e. The van der Waals surface area contributed by atoms with Crippen molar-refractivity contribution in [2.75, 3.05) is 5.75 Å². The third-order valence-corrected chi connectivity index (χ3v) is 4.63. The molecule has 1 atom stereocenters. The fourth-order valence-electron chi connectivity index (χ4n) is 1.30. The van der Waals surface area contributed by atoms with Crippen LogP contribution in [0.2, 0.25) is 0 Å². The molecular weight excluding hydrogens is 263 g/mol. The summed E-state index contributed by atoms with van der Waals surface area (Å²) in [6, 6.07) is 0. The molecule has 0 amide bonds. The second kappa shape index (κ2) is 5.99. The Morgan fingerprint density at radius 1 is 1.44 bits per heavy atom. The normalized spacial score (nSPS) is 22.3. The van der Waals surface area contributed by atoms with Gasteiger partial charge in [-0.1, -0.05) is 37.0 Å². The quantitative estimate of drug-likeness (QED) is 0.774. The molecule has 0 spiro atoms. The average Bonchev–Trinajstić information content (AvgIpc) is 2.34. The van der Waals surface area contributed by atoms with Gasteiger partial charge in [0.25, 0.3) is 0 Å². The number of aliphatic imine (C=N–C) groups is 1. The van der Waals surface area contributed by atoms with Gasteiger partial charge in [0.15, 0.2) is 5.16 Å². The highest BCUT2D eigenvalue weighted by atomic mass is 35.5. The molecule has 0 bridgehead atoms. The molecule has 0 fully saturated rings. The number of nitrogens with two attached hydrogens (primary N) is 1. The van der Waals surface area contributed by atoms with E-state index in [0.717, 1.165) is 22.8 Å². The number of rotatable bonds is 2. The molecule has 90 valence electrons. The van der Waals surface area contributed by atoms with Crippen molar-refractivity contribution < 1.29 is 0 Å². The summed E-state index contributed by atoms with van der Waals surface area (Å²) in [5.74, 6) is 1.21. The first kappa shape index (κ1) is 13.9. The molecule has 1 heterocycles. The minimum absolute atomic E-state index is 0.179. The van der Waals surface area contributed by atoms with Gasteiger partial charge in [-0.15, -0.1) is 11.8 Å². The summed E-state index contributed by atoms with van der Waals surface area (Å²) in [5, 5.41) is 1.82. The molecule has 0 saturated carbocycles. The summed E-state index contributed by atoms with van der Waals surface area (Å²) >= 11 is 13.9. The van der Waals surface area contributed by atoms with Crippen molar-refractivity contribution in [2.45, 2.75) is 27.2 Å². The van der Waals surface area contributed by atoms with E-state index in [4.69, 9.17) is 28.9 Å². The van der Waals surface area contributed by atoms with E-state index in [1.54, 1.807) is 11.8 Å². The topological polar surface area (TPSA) is 38.4 Å². The molecule has 1 rings (SSSR count). The van der Waals surface area contributed by atoms with Crippen molar-refractivity contribution in [2.24, 2.45) is 16.6 Å². The van der Waals surface area contributed by atoms with Crippen molar-refractivity contribution in [3.8, 4) is 0 Å². The Morgan fingerprint density at radius 3 is 2.62 bits per heavy atom. The van der Waals surface area contributed by atoms with E-state index in [0.29, 0.717) is 15.9 Å². The third-order valence-electron chi connectivity index (χ3n) is 2.49. The van der Waals surface area contributed by atoms with Crippen LogP contribution in [0.1, 0.15) is 27.2 Å². The lowest BCUT2D eigenvalue weighted by atomic mass is 10.0. The summed E-state index contributed by atoms with van der Waals surface area (Å²) in [6.45, 7) is 6.18. The van der Waals surface area contributed by atoms with E-state index < -0.39 is 0 Å². The zero-order chi connectivity index (χ0) is 12.3. The van der Waals surface area contributed by atoms with E-state index in [2.05, 4.69) is 18.8 Å². The highest BCUT2D eigenvalue weighted by Gasteiger charge is 2.22. The first-order valence-corrected chi connectivity index (χ1v) is 6.96. The Kier molecular flexibility index (Phi) is 5.22. The van der Waals surface area contributed by atoms with Crippen LogP contribution in [0.3, 0.4) is 0 Å². The summed E-state index contributed by atoms with van der Waals surface area (Å²) in [6.07, 6.45) is 1.10. The van der Waals surface area contributed by atoms with Crippen LogP contribution in [0.25, 0.3) is 0 Å². The molecule has 1 unspecified atom stereocenters. The molecule has 16 heavy (non-hydrogen) atoms.